The predicted octanol–water partition coefficient (Wildman–Crippen LogP) is 2.98. The first-order chi connectivity index (χ1) is 8.67. The molecule has 0 N–H and O–H groups in total. The van der Waals surface area contributed by atoms with Crippen molar-refractivity contribution in [3.05, 3.63) is 30.2 Å². The minimum Gasteiger partial charge on any atom is -0.443 e. The number of hydrogen-bond acceptors (Lipinski definition) is 4. The monoisotopic (exact) mass is 243 g/mol. The number of nitrogens with zero attached hydrogens (tertiary/aromatic N) is 3. The van der Waals surface area contributed by atoms with Crippen molar-refractivity contribution in [1.82, 2.24) is 9.88 Å². The molecule has 0 aliphatic heterocycles. The molecule has 18 heavy (non-hydrogen) atoms. The van der Waals surface area contributed by atoms with Crippen LogP contribution in [0.3, 0.4) is 0 Å². The molecule has 1 aromatic carbocycles. The van der Waals surface area contributed by atoms with E-state index in [1.807, 2.05) is 39.2 Å². The zero-order valence-corrected chi connectivity index (χ0v) is 10.9. The smallest absolute Gasteiger partial charge is 0.181 e. The van der Waals surface area contributed by atoms with Gasteiger partial charge in [-0.2, -0.15) is 5.26 Å². The molecule has 94 valence electrons. The Morgan fingerprint density at radius 1 is 1.44 bits per heavy atom. The fourth-order valence-electron chi connectivity index (χ4n) is 2.33. The lowest BCUT2D eigenvalue weighted by molar-refractivity contribution is 0.241. The van der Waals surface area contributed by atoms with Crippen LogP contribution in [0.25, 0.3) is 11.1 Å². The van der Waals surface area contributed by atoms with Crippen LogP contribution in [-0.4, -0.2) is 24.0 Å². The second-order valence-electron chi connectivity index (χ2n) is 4.63. The molecular weight excluding hydrogens is 226 g/mol. The molecule has 2 atom stereocenters. The average molecular weight is 243 g/mol. The van der Waals surface area contributed by atoms with Gasteiger partial charge in [0.05, 0.1) is 18.0 Å². The van der Waals surface area contributed by atoms with E-state index in [0.29, 0.717) is 0 Å². The first-order valence-electron chi connectivity index (χ1n) is 6.06. The van der Waals surface area contributed by atoms with Crippen LogP contribution in [0.5, 0.6) is 0 Å². The van der Waals surface area contributed by atoms with E-state index in [4.69, 9.17) is 4.42 Å². The van der Waals surface area contributed by atoms with Gasteiger partial charge in [0, 0.05) is 0 Å². The van der Waals surface area contributed by atoms with Gasteiger partial charge in [-0.1, -0.05) is 13.0 Å². The highest BCUT2D eigenvalue weighted by Gasteiger charge is 2.24. The van der Waals surface area contributed by atoms with Gasteiger partial charge < -0.3 is 9.32 Å². The molecule has 0 saturated heterocycles. The maximum atomic E-state index is 9.27. The molecule has 2 unspecified atom stereocenters. The maximum Gasteiger partial charge on any atom is 0.181 e. The topological polar surface area (TPSA) is 53.1 Å². The van der Waals surface area contributed by atoms with Gasteiger partial charge in [-0.25, -0.2) is 4.98 Å². The second-order valence-corrected chi connectivity index (χ2v) is 4.63. The van der Waals surface area contributed by atoms with Crippen molar-refractivity contribution in [3.8, 4) is 6.07 Å². The van der Waals surface area contributed by atoms with E-state index in [-0.39, 0.29) is 12.0 Å². The average Bonchev–Trinajstić information content (AvgIpc) is 2.82. The molecule has 4 heteroatoms. The summed E-state index contributed by atoms with van der Waals surface area (Å²) in [5.74, 6) is -0.0274. The molecule has 1 aromatic heterocycles. The summed E-state index contributed by atoms with van der Waals surface area (Å²) in [7, 11) is 3.99. The van der Waals surface area contributed by atoms with Crippen molar-refractivity contribution >= 4 is 11.1 Å². The Balaban J connectivity index is 2.44. The van der Waals surface area contributed by atoms with E-state index < -0.39 is 0 Å². The fourth-order valence-corrected chi connectivity index (χ4v) is 2.33. The Hall–Kier alpha value is -1.86. The summed E-state index contributed by atoms with van der Waals surface area (Å²) in [6, 6.07) is 8.41. The van der Waals surface area contributed by atoms with Gasteiger partial charge in [0.1, 0.15) is 5.52 Å². The summed E-state index contributed by atoms with van der Waals surface area (Å²) in [6.07, 6.45) is 2.27. The molecule has 2 rings (SSSR count). The first-order valence-corrected chi connectivity index (χ1v) is 6.06. The number of nitriles is 1. The lowest BCUT2D eigenvalue weighted by Gasteiger charge is -2.28. The third-order valence-electron chi connectivity index (χ3n) is 3.24. The summed E-state index contributed by atoms with van der Waals surface area (Å²) in [4.78, 5) is 6.18. The molecule has 0 fully saturated rings. The number of rotatable bonds is 4. The van der Waals surface area contributed by atoms with Crippen LogP contribution < -0.4 is 0 Å². The zero-order valence-electron chi connectivity index (χ0n) is 10.9. The van der Waals surface area contributed by atoms with Crippen molar-refractivity contribution in [2.75, 3.05) is 14.1 Å². The molecule has 0 aliphatic rings. The van der Waals surface area contributed by atoms with Gasteiger partial charge >= 0.3 is 0 Å². The SMILES string of the molecule is CCC(C#N)C(c1ccc2ncoc2c1)N(C)C. The molecule has 0 saturated carbocycles. The van der Waals surface area contributed by atoms with E-state index in [2.05, 4.69) is 16.0 Å². The molecular formula is C14H17N3O. The zero-order chi connectivity index (χ0) is 13.1. The molecule has 0 bridgehead atoms. The van der Waals surface area contributed by atoms with Crippen LogP contribution in [0.4, 0.5) is 0 Å². The molecule has 0 amide bonds. The number of fused-ring (bicyclic) bond motifs is 1. The maximum absolute atomic E-state index is 9.27. The minimum absolute atomic E-state index is 0.0274. The van der Waals surface area contributed by atoms with Gasteiger partial charge in [-0.15, -0.1) is 0 Å². The standard InChI is InChI=1S/C14H17N3O/c1-4-10(8-15)14(17(2)3)11-5-6-12-13(7-11)18-9-16-12/h5-7,9-10,14H,4H2,1-3H3. The molecule has 0 radical (unpaired) electrons. The van der Waals surface area contributed by atoms with Gasteiger partial charge in [0.15, 0.2) is 12.0 Å². The predicted molar refractivity (Wildman–Crippen MR) is 69.8 cm³/mol. The van der Waals surface area contributed by atoms with Gasteiger partial charge in [-0.3, -0.25) is 0 Å². The minimum atomic E-state index is -0.0274. The van der Waals surface area contributed by atoms with Gasteiger partial charge in [0.2, 0.25) is 0 Å². The highest BCUT2D eigenvalue weighted by atomic mass is 16.3. The molecule has 0 spiro atoms. The molecule has 2 aromatic rings. The van der Waals surface area contributed by atoms with Crippen molar-refractivity contribution in [2.45, 2.75) is 19.4 Å². The summed E-state index contributed by atoms with van der Waals surface area (Å²) in [5, 5.41) is 9.27. The Morgan fingerprint density at radius 2 is 2.22 bits per heavy atom. The number of hydrogen-bond donors (Lipinski definition) is 0. The quantitative estimate of drug-likeness (QED) is 0.828. The number of oxazole rings is 1. The van der Waals surface area contributed by atoms with Crippen molar-refractivity contribution in [1.29, 1.82) is 5.26 Å². The van der Waals surface area contributed by atoms with Crippen molar-refractivity contribution in [2.24, 2.45) is 5.92 Å². The summed E-state index contributed by atoms with van der Waals surface area (Å²) < 4.78 is 5.32. The van der Waals surface area contributed by atoms with E-state index in [0.717, 1.165) is 23.1 Å². The third kappa shape index (κ3) is 2.22. The van der Waals surface area contributed by atoms with E-state index in [9.17, 15) is 5.26 Å². The first kappa shape index (κ1) is 12.6. The summed E-state index contributed by atoms with van der Waals surface area (Å²) in [6.45, 7) is 2.04. The largest absolute Gasteiger partial charge is 0.443 e. The van der Waals surface area contributed by atoms with Crippen LogP contribution in [-0.2, 0) is 0 Å². The third-order valence-corrected chi connectivity index (χ3v) is 3.24. The van der Waals surface area contributed by atoms with Crippen molar-refractivity contribution < 1.29 is 4.42 Å². The van der Waals surface area contributed by atoms with E-state index in [1.165, 1.54) is 6.39 Å². The Morgan fingerprint density at radius 3 is 2.83 bits per heavy atom. The molecule has 4 nitrogen and oxygen atoms in total. The van der Waals surface area contributed by atoms with Crippen LogP contribution >= 0.6 is 0 Å². The number of benzene rings is 1. The van der Waals surface area contributed by atoms with E-state index >= 15 is 0 Å². The highest BCUT2D eigenvalue weighted by molar-refractivity contribution is 5.72. The van der Waals surface area contributed by atoms with Crippen molar-refractivity contribution in [3.63, 3.8) is 0 Å². The number of aromatic nitrogens is 1. The molecule has 1 heterocycles. The lowest BCUT2D eigenvalue weighted by Crippen LogP contribution is -2.26. The van der Waals surface area contributed by atoms with Gasteiger partial charge in [-0.05, 0) is 38.2 Å². The lowest BCUT2D eigenvalue weighted by atomic mass is 9.91. The Bertz CT molecular complexity index is 568. The fraction of sp³-hybridized carbons (Fsp3) is 0.429. The second kappa shape index (κ2) is 5.19. The summed E-state index contributed by atoms with van der Waals surface area (Å²) in [5.41, 5.74) is 2.71. The van der Waals surface area contributed by atoms with Crippen LogP contribution in [0.1, 0.15) is 24.9 Å². The Kier molecular flexibility index (Phi) is 3.63. The molecule has 0 aliphatic carbocycles. The van der Waals surface area contributed by atoms with Crippen LogP contribution in [0.15, 0.2) is 29.0 Å². The van der Waals surface area contributed by atoms with Crippen LogP contribution in [0, 0.1) is 17.2 Å². The summed E-state index contributed by atoms with van der Waals surface area (Å²) >= 11 is 0. The van der Waals surface area contributed by atoms with Gasteiger partial charge in [0.25, 0.3) is 0 Å². The van der Waals surface area contributed by atoms with E-state index in [1.54, 1.807) is 0 Å². The normalized spacial score (nSPS) is 14.6. The van der Waals surface area contributed by atoms with Crippen LogP contribution in [0.2, 0.25) is 0 Å². The Labute approximate surface area is 107 Å². The highest BCUT2D eigenvalue weighted by Crippen LogP contribution is 2.30.